The lowest BCUT2D eigenvalue weighted by atomic mass is 10.2. The van der Waals surface area contributed by atoms with Crippen LogP contribution in [0.25, 0.3) is 0 Å². The van der Waals surface area contributed by atoms with Crippen LogP contribution < -0.4 is 0 Å². The third-order valence-corrected chi connectivity index (χ3v) is 6.61. The second-order valence-electron chi connectivity index (χ2n) is 6.10. The Balaban J connectivity index is 1.50. The molecule has 7 heteroatoms. The minimum Gasteiger partial charge on any atom is -0.336 e. The van der Waals surface area contributed by atoms with Crippen LogP contribution >= 0.6 is 23.2 Å². The van der Waals surface area contributed by atoms with Crippen LogP contribution in [0.3, 0.4) is 0 Å². The van der Waals surface area contributed by atoms with Crippen molar-refractivity contribution >= 4 is 39.9 Å². The highest BCUT2D eigenvalue weighted by Gasteiger charge is 2.24. The Morgan fingerprint density at radius 2 is 1.65 bits per heavy atom. The van der Waals surface area contributed by atoms with Gasteiger partial charge in [-0.1, -0.05) is 47.5 Å². The number of rotatable bonds is 5. The molecule has 26 heavy (non-hydrogen) atoms. The largest absolute Gasteiger partial charge is 0.336 e. The molecule has 1 aliphatic heterocycles. The zero-order chi connectivity index (χ0) is 18.5. The molecule has 0 radical (unpaired) electrons. The van der Waals surface area contributed by atoms with E-state index in [0.29, 0.717) is 34.5 Å². The summed E-state index contributed by atoms with van der Waals surface area (Å²) < 4.78 is 12.3. The van der Waals surface area contributed by atoms with Gasteiger partial charge in [0.2, 0.25) is 0 Å². The molecule has 1 aliphatic rings. The number of benzene rings is 2. The first-order valence-electron chi connectivity index (χ1n) is 8.45. The lowest BCUT2D eigenvalue weighted by Crippen LogP contribution is -2.49. The Morgan fingerprint density at radius 1 is 0.962 bits per heavy atom. The number of nitrogens with zero attached hydrogens (tertiary/aromatic N) is 2. The molecule has 1 saturated heterocycles. The van der Waals surface area contributed by atoms with Crippen LogP contribution in [0.1, 0.15) is 10.4 Å². The van der Waals surface area contributed by atoms with E-state index >= 15 is 0 Å². The Kier molecular flexibility index (Phi) is 6.70. The SMILES string of the molecule is O=C(c1cccc(Cl)c1Cl)N1CCN(CCS(=O)c2ccccc2)CC1. The molecule has 0 aliphatic carbocycles. The summed E-state index contributed by atoms with van der Waals surface area (Å²) in [5.74, 6) is 0.503. The second kappa shape index (κ2) is 9.00. The Bertz CT molecular complexity index is 793. The average Bonchev–Trinajstić information content (AvgIpc) is 2.69. The van der Waals surface area contributed by atoms with Gasteiger partial charge in [0, 0.05) is 43.4 Å². The molecule has 0 N–H and O–H groups in total. The minimum absolute atomic E-state index is 0.0926. The van der Waals surface area contributed by atoms with Crippen LogP contribution in [0.4, 0.5) is 0 Å². The Morgan fingerprint density at radius 3 is 2.35 bits per heavy atom. The van der Waals surface area contributed by atoms with E-state index < -0.39 is 10.8 Å². The van der Waals surface area contributed by atoms with Crippen LogP contribution in [0.2, 0.25) is 10.0 Å². The Hall–Kier alpha value is -1.40. The first-order valence-corrected chi connectivity index (χ1v) is 10.5. The molecule has 1 heterocycles. The highest BCUT2D eigenvalue weighted by atomic mass is 35.5. The van der Waals surface area contributed by atoms with Crippen LogP contribution in [0, 0.1) is 0 Å². The fraction of sp³-hybridized carbons (Fsp3) is 0.316. The number of hydrogen-bond acceptors (Lipinski definition) is 3. The summed E-state index contributed by atoms with van der Waals surface area (Å²) in [5, 5.41) is 0.694. The van der Waals surface area contributed by atoms with E-state index in [4.69, 9.17) is 23.2 Å². The van der Waals surface area contributed by atoms with E-state index in [2.05, 4.69) is 4.90 Å². The zero-order valence-corrected chi connectivity index (χ0v) is 16.6. The van der Waals surface area contributed by atoms with Gasteiger partial charge in [-0.2, -0.15) is 0 Å². The van der Waals surface area contributed by atoms with Crippen molar-refractivity contribution in [2.24, 2.45) is 0 Å². The summed E-state index contributed by atoms with van der Waals surface area (Å²) in [6.07, 6.45) is 0. The van der Waals surface area contributed by atoms with Gasteiger partial charge in [-0.3, -0.25) is 13.9 Å². The fourth-order valence-electron chi connectivity index (χ4n) is 2.92. The van der Waals surface area contributed by atoms with Crippen LogP contribution in [-0.4, -0.2) is 58.4 Å². The van der Waals surface area contributed by atoms with Crippen molar-refractivity contribution < 1.29 is 9.00 Å². The van der Waals surface area contributed by atoms with Gasteiger partial charge < -0.3 is 4.90 Å². The maximum Gasteiger partial charge on any atom is 0.255 e. The second-order valence-corrected chi connectivity index (χ2v) is 8.45. The van der Waals surface area contributed by atoms with Gasteiger partial charge in [0.15, 0.2) is 0 Å². The molecule has 3 rings (SSSR count). The topological polar surface area (TPSA) is 40.6 Å². The van der Waals surface area contributed by atoms with Gasteiger partial charge in [-0.15, -0.1) is 0 Å². The van der Waals surface area contributed by atoms with Crippen LogP contribution in [0.15, 0.2) is 53.4 Å². The lowest BCUT2D eigenvalue weighted by Gasteiger charge is -2.34. The summed E-state index contributed by atoms with van der Waals surface area (Å²) in [5.41, 5.74) is 0.442. The average molecular weight is 411 g/mol. The van der Waals surface area contributed by atoms with Crippen molar-refractivity contribution in [3.63, 3.8) is 0 Å². The molecule has 1 fully saturated rings. The zero-order valence-electron chi connectivity index (χ0n) is 14.2. The predicted octanol–water partition coefficient (Wildman–Crippen LogP) is 3.56. The molecular weight excluding hydrogens is 391 g/mol. The first-order chi connectivity index (χ1) is 12.6. The molecule has 2 aromatic rings. The van der Waals surface area contributed by atoms with Crippen molar-refractivity contribution in [3.05, 3.63) is 64.1 Å². The number of amides is 1. The standard InChI is InChI=1S/C19H20Cl2N2O2S/c20-17-8-4-7-16(18(17)21)19(24)23-11-9-22(10-12-23)13-14-26(25)15-5-2-1-3-6-15/h1-8H,9-14H2. The number of carbonyl (C=O) groups excluding carboxylic acids is 1. The number of hydrogen-bond donors (Lipinski definition) is 0. The van der Waals surface area contributed by atoms with Crippen molar-refractivity contribution in [3.8, 4) is 0 Å². The monoisotopic (exact) mass is 410 g/mol. The van der Waals surface area contributed by atoms with Gasteiger partial charge in [0.25, 0.3) is 5.91 Å². The fourth-order valence-corrected chi connectivity index (χ4v) is 4.42. The van der Waals surface area contributed by atoms with E-state index in [1.165, 1.54) is 0 Å². The quantitative estimate of drug-likeness (QED) is 0.756. The molecule has 2 aromatic carbocycles. The normalized spacial score (nSPS) is 16.5. The van der Waals surface area contributed by atoms with Crippen molar-refractivity contribution in [2.45, 2.75) is 4.90 Å². The molecule has 4 nitrogen and oxygen atoms in total. The molecule has 1 amide bonds. The minimum atomic E-state index is -0.992. The summed E-state index contributed by atoms with van der Waals surface area (Å²) in [4.78, 5) is 17.5. The van der Waals surface area contributed by atoms with E-state index in [0.717, 1.165) is 24.5 Å². The van der Waals surface area contributed by atoms with Crippen molar-refractivity contribution in [1.29, 1.82) is 0 Å². The highest BCUT2D eigenvalue weighted by molar-refractivity contribution is 7.85. The predicted molar refractivity (Wildman–Crippen MR) is 107 cm³/mol. The number of carbonyl (C=O) groups is 1. The maximum atomic E-state index is 12.6. The van der Waals surface area contributed by atoms with Gasteiger partial charge in [-0.25, -0.2) is 0 Å². The molecule has 1 atom stereocenters. The van der Waals surface area contributed by atoms with E-state index in [9.17, 15) is 9.00 Å². The number of halogens is 2. The summed E-state index contributed by atoms with van der Waals surface area (Å²) >= 11 is 12.2. The lowest BCUT2D eigenvalue weighted by molar-refractivity contribution is 0.0644. The van der Waals surface area contributed by atoms with Crippen molar-refractivity contribution in [1.82, 2.24) is 9.80 Å². The first kappa shape index (κ1) is 19.4. The molecular formula is C19H20Cl2N2O2S. The molecule has 1 unspecified atom stereocenters. The smallest absolute Gasteiger partial charge is 0.255 e. The van der Waals surface area contributed by atoms with Gasteiger partial charge >= 0.3 is 0 Å². The summed E-state index contributed by atoms with van der Waals surface area (Å²) in [6.45, 7) is 3.52. The van der Waals surface area contributed by atoms with Gasteiger partial charge in [0.1, 0.15) is 0 Å². The molecule has 138 valence electrons. The maximum absolute atomic E-state index is 12.6. The van der Waals surface area contributed by atoms with Crippen molar-refractivity contribution in [2.75, 3.05) is 38.5 Å². The third-order valence-electron chi connectivity index (χ3n) is 4.44. The highest BCUT2D eigenvalue weighted by Crippen LogP contribution is 2.26. The molecule has 0 saturated carbocycles. The van der Waals surface area contributed by atoms with Crippen LogP contribution in [-0.2, 0) is 10.8 Å². The third kappa shape index (κ3) is 4.65. The molecule has 0 aromatic heterocycles. The Labute approximate surface area is 166 Å². The van der Waals surface area contributed by atoms with Gasteiger partial charge in [0.05, 0.1) is 26.4 Å². The summed E-state index contributed by atoms with van der Waals surface area (Å²) in [7, 11) is -0.992. The van der Waals surface area contributed by atoms with Crippen LogP contribution in [0.5, 0.6) is 0 Å². The van der Waals surface area contributed by atoms with E-state index in [1.807, 2.05) is 30.3 Å². The van der Waals surface area contributed by atoms with E-state index in [1.54, 1.807) is 23.1 Å². The molecule has 0 bridgehead atoms. The number of piperazine rings is 1. The van der Waals surface area contributed by atoms with Gasteiger partial charge in [-0.05, 0) is 24.3 Å². The van der Waals surface area contributed by atoms with E-state index in [-0.39, 0.29) is 5.91 Å². The molecule has 0 spiro atoms. The summed E-state index contributed by atoms with van der Waals surface area (Å²) in [6, 6.07) is 14.6.